The van der Waals surface area contributed by atoms with Crippen LogP contribution in [-0.4, -0.2) is 29.6 Å². The number of carbonyl (C=O) groups is 2. The molecule has 0 aromatic heterocycles. The van der Waals surface area contributed by atoms with Crippen LogP contribution in [0, 0.1) is 5.92 Å². The van der Waals surface area contributed by atoms with E-state index in [1.54, 1.807) is 6.07 Å². The Balaban J connectivity index is 2.11. The molecule has 0 saturated carbocycles. The molecule has 102 valence electrons. The molecule has 1 aromatic carbocycles. The number of amides is 1. The molecule has 2 atom stereocenters. The molecule has 1 aliphatic heterocycles. The van der Waals surface area contributed by atoms with E-state index in [0.29, 0.717) is 10.2 Å². The average Bonchev–Trinajstić information content (AvgIpc) is 2.77. The predicted octanol–water partition coefficient (Wildman–Crippen LogP) is 2.08. The number of rotatable bonds is 3. The van der Waals surface area contributed by atoms with E-state index in [2.05, 4.69) is 26.6 Å². The molecule has 1 fully saturated rings. The molecule has 2 rings (SSSR count). The van der Waals surface area contributed by atoms with E-state index in [-0.39, 0.29) is 23.4 Å². The number of nitrogens with one attached hydrogen (secondary N) is 2. The highest BCUT2D eigenvalue weighted by Gasteiger charge is 2.29. The fraction of sp³-hybridized carbons (Fsp3) is 0.385. The van der Waals surface area contributed by atoms with Crippen molar-refractivity contribution < 1.29 is 14.7 Å². The van der Waals surface area contributed by atoms with Gasteiger partial charge in [0.05, 0.1) is 17.2 Å². The Hall–Kier alpha value is -1.40. The molecule has 6 heteroatoms. The summed E-state index contributed by atoms with van der Waals surface area (Å²) in [6.45, 7) is 2.83. The highest BCUT2D eigenvalue weighted by molar-refractivity contribution is 9.10. The second kappa shape index (κ2) is 5.71. The first-order valence-corrected chi connectivity index (χ1v) is 6.85. The largest absolute Gasteiger partial charge is 0.478 e. The Bertz CT molecular complexity index is 519. The second-order valence-corrected chi connectivity index (χ2v) is 5.48. The molecule has 0 radical (unpaired) electrons. The Labute approximate surface area is 119 Å². The lowest BCUT2D eigenvalue weighted by Crippen LogP contribution is -2.32. The van der Waals surface area contributed by atoms with Crippen LogP contribution >= 0.6 is 15.9 Å². The van der Waals surface area contributed by atoms with Crippen LogP contribution in [0.4, 0.5) is 5.69 Å². The van der Waals surface area contributed by atoms with Crippen molar-refractivity contribution in [1.29, 1.82) is 0 Å². The third-order valence-electron chi connectivity index (χ3n) is 3.34. The standard InChI is InChI=1S/C13H15BrN2O3/c1-7-9(4-5-15-7)12(17)16-11-3-2-8(13(18)19)6-10(11)14/h2-3,6-7,9,15H,4-5H2,1H3,(H,16,17)(H,18,19). The molecular formula is C13H15BrN2O3. The van der Waals surface area contributed by atoms with Crippen molar-refractivity contribution in [3.05, 3.63) is 28.2 Å². The van der Waals surface area contributed by atoms with Crippen LogP contribution in [0.3, 0.4) is 0 Å². The number of carboxylic acid groups (broad SMARTS) is 1. The maximum Gasteiger partial charge on any atom is 0.335 e. The van der Waals surface area contributed by atoms with Gasteiger partial charge in [0, 0.05) is 10.5 Å². The minimum atomic E-state index is -0.993. The monoisotopic (exact) mass is 326 g/mol. The number of carboxylic acids is 1. The van der Waals surface area contributed by atoms with Gasteiger partial charge < -0.3 is 15.7 Å². The van der Waals surface area contributed by atoms with Crippen molar-refractivity contribution in [2.75, 3.05) is 11.9 Å². The summed E-state index contributed by atoms with van der Waals surface area (Å²) in [4.78, 5) is 22.9. The highest BCUT2D eigenvalue weighted by Crippen LogP contribution is 2.25. The lowest BCUT2D eigenvalue weighted by atomic mass is 10.0. The number of anilines is 1. The highest BCUT2D eigenvalue weighted by atomic mass is 79.9. The van der Waals surface area contributed by atoms with Crippen LogP contribution in [0.25, 0.3) is 0 Å². The summed E-state index contributed by atoms with van der Waals surface area (Å²) in [7, 11) is 0. The Morgan fingerprint density at radius 2 is 2.21 bits per heavy atom. The molecule has 19 heavy (non-hydrogen) atoms. The number of aromatic carboxylic acids is 1. The number of hydrogen-bond donors (Lipinski definition) is 3. The van der Waals surface area contributed by atoms with Gasteiger partial charge in [-0.05, 0) is 54.0 Å². The van der Waals surface area contributed by atoms with E-state index in [4.69, 9.17) is 5.11 Å². The molecule has 0 aliphatic carbocycles. The summed E-state index contributed by atoms with van der Waals surface area (Å²) in [5.74, 6) is -1.08. The molecule has 1 saturated heterocycles. The zero-order valence-corrected chi connectivity index (χ0v) is 12.0. The van der Waals surface area contributed by atoms with Gasteiger partial charge >= 0.3 is 5.97 Å². The van der Waals surface area contributed by atoms with Crippen LogP contribution < -0.4 is 10.6 Å². The van der Waals surface area contributed by atoms with Gasteiger partial charge in [0.15, 0.2) is 0 Å². The molecule has 5 nitrogen and oxygen atoms in total. The van der Waals surface area contributed by atoms with E-state index in [9.17, 15) is 9.59 Å². The third kappa shape index (κ3) is 3.13. The van der Waals surface area contributed by atoms with Crippen LogP contribution in [-0.2, 0) is 4.79 Å². The number of carbonyl (C=O) groups excluding carboxylic acids is 1. The second-order valence-electron chi connectivity index (χ2n) is 4.63. The zero-order valence-electron chi connectivity index (χ0n) is 10.4. The van der Waals surface area contributed by atoms with E-state index in [0.717, 1.165) is 13.0 Å². The predicted molar refractivity (Wildman–Crippen MR) is 75.3 cm³/mol. The van der Waals surface area contributed by atoms with Gasteiger partial charge in [-0.1, -0.05) is 0 Å². The fourth-order valence-corrected chi connectivity index (χ4v) is 2.67. The van der Waals surface area contributed by atoms with Gasteiger partial charge in [0.1, 0.15) is 0 Å². The number of halogens is 1. The molecule has 0 spiro atoms. The maximum atomic E-state index is 12.1. The number of benzene rings is 1. The van der Waals surface area contributed by atoms with Crippen LogP contribution in [0.15, 0.2) is 22.7 Å². The van der Waals surface area contributed by atoms with Crippen molar-refractivity contribution in [3.8, 4) is 0 Å². The molecule has 2 unspecified atom stereocenters. The summed E-state index contributed by atoms with van der Waals surface area (Å²) in [6, 6.07) is 4.71. The van der Waals surface area contributed by atoms with Gasteiger partial charge in [-0.25, -0.2) is 4.79 Å². The fourth-order valence-electron chi connectivity index (χ4n) is 2.19. The maximum absolute atomic E-state index is 12.1. The molecular weight excluding hydrogens is 312 g/mol. The molecule has 3 N–H and O–H groups in total. The first kappa shape index (κ1) is 14.0. The van der Waals surface area contributed by atoms with Gasteiger partial charge in [0.25, 0.3) is 0 Å². The van der Waals surface area contributed by atoms with Gasteiger partial charge in [-0.15, -0.1) is 0 Å². The molecule has 1 aliphatic rings. The zero-order chi connectivity index (χ0) is 14.0. The first-order valence-electron chi connectivity index (χ1n) is 6.06. The third-order valence-corrected chi connectivity index (χ3v) is 3.99. The Morgan fingerprint density at radius 3 is 2.74 bits per heavy atom. The van der Waals surface area contributed by atoms with Crippen molar-refractivity contribution in [2.24, 2.45) is 5.92 Å². The normalized spacial score (nSPS) is 22.2. The van der Waals surface area contributed by atoms with E-state index in [1.165, 1.54) is 12.1 Å². The van der Waals surface area contributed by atoms with Crippen molar-refractivity contribution in [3.63, 3.8) is 0 Å². The minimum absolute atomic E-state index is 0.0405. The summed E-state index contributed by atoms with van der Waals surface area (Å²) in [5.41, 5.74) is 0.773. The SMILES string of the molecule is CC1NCCC1C(=O)Nc1ccc(C(=O)O)cc1Br. The van der Waals surface area contributed by atoms with Crippen LogP contribution in [0.5, 0.6) is 0 Å². The van der Waals surface area contributed by atoms with Gasteiger partial charge in [-0.3, -0.25) is 4.79 Å². The molecule has 1 heterocycles. The van der Waals surface area contributed by atoms with E-state index in [1.807, 2.05) is 6.92 Å². The molecule has 1 aromatic rings. The van der Waals surface area contributed by atoms with Crippen molar-refractivity contribution >= 4 is 33.5 Å². The van der Waals surface area contributed by atoms with Gasteiger partial charge in [-0.2, -0.15) is 0 Å². The minimum Gasteiger partial charge on any atom is -0.478 e. The molecule has 0 bridgehead atoms. The van der Waals surface area contributed by atoms with E-state index < -0.39 is 5.97 Å². The summed E-state index contributed by atoms with van der Waals surface area (Å²) < 4.78 is 0.569. The smallest absolute Gasteiger partial charge is 0.335 e. The van der Waals surface area contributed by atoms with Crippen molar-refractivity contribution in [2.45, 2.75) is 19.4 Å². The van der Waals surface area contributed by atoms with Gasteiger partial charge in [0.2, 0.25) is 5.91 Å². The lowest BCUT2D eigenvalue weighted by molar-refractivity contribution is -0.120. The summed E-state index contributed by atoms with van der Waals surface area (Å²) in [5, 5.41) is 14.9. The quantitative estimate of drug-likeness (QED) is 0.794. The summed E-state index contributed by atoms with van der Waals surface area (Å²) >= 11 is 3.27. The number of hydrogen-bond acceptors (Lipinski definition) is 3. The van der Waals surface area contributed by atoms with E-state index >= 15 is 0 Å². The average molecular weight is 327 g/mol. The summed E-state index contributed by atoms with van der Waals surface area (Å²) in [6.07, 6.45) is 0.817. The first-order chi connectivity index (χ1) is 8.99. The van der Waals surface area contributed by atoms with Crippen LogP contribution in [0.2, 0.25) is 0 Å². The lowest BCUT2D eigenvalue weighted by Gasteiger charge is -2.15. The topological polar surface area (TPSA) is 78.4 Å². The van der Waals surface area contributed by atoms with Crippen molar-refractivity contribution in [1.82, 2.24) is 5.32 Å². The van der Waals surface area contributed by atoms with Crippen LogP contribution in [0.1, 0.15) is 23.7 Å². The Morgan fingerprint density at radius 1 is 1.47 bits per heavy atom. The Kier molecular flexibility index (Phi) is 4.21. The molecule has 1 amide bonds.